The fourth-order valence-electron chi connectivity index (χ4n) is 2.36. The molecule has 0 aliphatic carbocycles. The second kappa shape index (κ2) is 5.73. The number of anilines is 1. The van der Waals surface area contributed by atoms with Gasteiger partial charge in [0, 0.05) is 13.1 Å². The van der Waals surface area contributed by atoms with Gasteiger partial charge in [-0.2, -0.15) is 0 Å². The predicted molar refractivity (Wildman–Crippen MR) is 89.5 cm³/mol. The molecule has 0 amide bonds. The molecule has 1 atom stereocenters. The summed E-state index contributed by atoms with van der Waals surface area (Å²) in [5.41, 5.74) is 1.67. The first-order valence-corrected chi connectivity index (χ1v) is 7.71. The molecule has 22 heavy (non-hydrogen) atoms. The molecule has 3 aromatic rings. The quantitative estimate of drug-likeness (QED) is 0.529. The molecule has 0 bridgehead atoms. The standard InChI is InChI=1S/C16H15N3O2S/c1-11(16-17-12-7-3-6-10-15(12)22-16)18(2)13-8-4-5-9-14(13)19(20)21/h3-11H,1-2H3/t11-/m1/s1. The average Bonchev–Trinajstić information content (AvgIpc) is 2.97. The van der Waals surface area contributed by atoms with Crippen molar-refractivity contribution < 1.29 is 4.92 Å². The number of nitro groups is 1. The Balaban J connectivity index is 1.97. The van der Waals surface area contributed by atoms with Crippen LogP contribution < -0.4 is 4.90 Å². The van der Waals surface area contributed by atoms with Crippen LogP contribution >= 0.6 is 11.3 Å². The van der Waals surface area contributed by atoms with Crippen LogP contribution in [0.15, 0.2) is 48.5 Å². The Hall–Kier alpha value is -2.47. The van der Waals surface area contributed by atoms with Crippen LogP contribution in [0.2, 0.25) is 0 Å². The normalized spacial score (nSPS) is 12.3. The molecule has 0 radical (unpaired) electrons. The number of thiazole rings is 1. The molecular formula is C16H15N3O2S. The Morgan fingerprint density at radius 3 is 2.59 bits per heavy atom. The van der Waals surface area contributed by atoms with Gasteiger partial charge in [0.2, 0.25) is 0 Å². The summed E-state index contributed by atoms with van der Waals surface area (Å²) in [6.07, 6.45) is 0. The lowest BCUT2D eigenvalue weighted by Gasteiger charge is -2.24. The second-order valence-corrected chi connectivity index (χ2v) is 6.11. The lowest BCUT2D eigenvalue weighted by atomic mass is 10.2. The number of hydrogen-bond donors (Lipinski definition) is 0. The maximum atomic E-state index is 11.2. The molecule has 1 heterocycles. The van der Waals surface area contributed by atoms with E-state index in [1.54, 1.807) is 23.5 Å². The van der Waals surface area contributed by atoms with Gasteiger partial charge in [-0.3, -0.25) is 10.1 Å². The first kappa shape index (κ1) is 14.5. The zero-order valence-corrected chi connectivity index (χ0v) is 13.1. The number of fused-ring (bicyclic) bond motifs is 1. The SMILES string of the molecule is C[C@H](c1nc2ccccc2s1)N(C)c1ccccc1[N+](=O)[O-]. The average molecular weight is 313 g/mol. The minimum Gasteiger partial charge on any atom is -0.360 e. The highest BCUT2D eigenvalue weighted by atomic mass is 32.1. The summed E-state index contributed by atoms with van der Waals surface area (Å²) < 4.78 is 1.13. The molecule has 2 aromatic carbocycles. The van der Waals surface area contributed by atoms with Gasteiger partial charge in [-0.15, -0.1) is 11.3 Å². The minimum absolute atomic E-state index is 0.0431. The van der Waals surface area contributed by atoms with Crippen molar-refractivity contribution in [2.45, 2.75) is 13.0 Å². The maximum Gasteiger partial charge on any atom is 0.292 e. The van der Waals surface area contributed by atoms with Gasteiger partial charge in [0.1, 0.15) is 10.7 Å². The van der Waals surface area contributed by atoms with Gasteiger partial charge in [-0.25, -0.2) is 4.98 Å². The summed E-state index contributed by atoms with van der Waals surface area (Å²) in [5.74, 6) is 0. The van der Waals surface area contributed by atoms with Crippen molar-refractivity contribution in [3.05, 3.63) is 63.7 Å². The number of benzene rings is 2. The van der Waals surface area contributed by atoms with Gasteiger partial charge in [0.05, 0.1) is 21.2 Å². The molecule has 1 aromatic heterocycles. The van der Waals surface area contributed by atoms with Gasteiger partial charge < -0.3 is 4.90 Å². The summed E-state index contributed by atoms with van der Waals surface area (Å²) in [6.45, 7) is 2.01. The van der Waals surface area contributed by atoms with Gasteiger partial charge in [-0.05, 0) is 25.1 Å². The third-order valence-corrected chi connectivity index (χ3v) is 4.91. The van der Waals surface area contributed by atoms with Crippen LogP contribution in [0.1, 0.15) is 18.0 Å². The maximum absolute atomic E-state index is 11.2. The molecule has 0 aliphatic rings. The number of para-hydroxylation sites is 3. The molecule has 6 heteroatoms. The fraction of sp³-hybridized carbons (Fsp3) is 0.188. The molecule has 0 aliphatic heterocycles. The van der Waals surface area contributed by atoms with Crippen molar-refractivity contribution >= 4 is 32.9 Å². The third kappa shape index (κ3) is 2.53. The van der Waals surface area contributed by atoms with Crippen LogP contribution in [-0.4, -0.2) is 17.0 Å². The molecule has 0 saturated heterocycles. The van der Waals surface area contributed by atoms with Crippen LogP contribution in [0.5, 0.6) is 0 Å². The number of nitrogens with zero attached hydrogens (tertiary/aromatic N) is 3. The first-order valence-electron chi connectivity index (χ1n) is 6.89. The number of rotatable bonds is 4. The number of hydrogen-bond acceptors (Lipinski definition) is 5. The van der Waals surface area contributed by atoms with Crippen LogP contribution in [0, 0.1) is 10.1 Å². The molecule has 112 valence electrons. The highest BCUT2D eigenvalue weighted by Gasteiger charge is 2.22. The van der Waals surface area contributed by atoms with Crippen molar-refractivity contribution in [3.63, 3.8) is 0 Å². The minimum atomic E-state index is -0.350. The van der Waals surface area contributed by atoms with Crippen molar-refractivity contribution in [3.8, 4) is 0 Å². The highest BCUT2D eigenvalue weighted by molar-refractivity contribution is 7.18. The van der Waals surface area contributed by atoms with Crippen molar-refractivity contribution in [1.82, 2.24) is 4.98 Å². The number of nitro benzene ring substituents is 1. The van der Waals surface area contributed by atoms with E-state index in [1.165, 1.54) is 6.07 Å². The molecule has 0 N–H and O–H groups in total. The van der Waals surface area contributed by atoms with Crippen LogP contribution in [0.4, 0.5) is 11.4 Å². The first-order chi connectivity index (χ1) is 10.6. The highest BCUT2D eigenvalue weighted by Crippen LogP contribution is 2.35. The molecule has 3 rings (SSSR count). The van der Waals surface area contributed by atoms with Crippen molar-refractivity contribution in [1.29, 1.82) is 0 Å². The smallest absolute Gasteiger partial charge is 0.292 e. The summed E-state index contributed by atoms with van der Waals surface area (Å²) in [6, 6.07) is 14.7. The Bertz CT molecular complexity index is 798. The van der Waals surface area contributed by atoms with E-state index in [4.69, 9.17) is 0 Å². The lowest BCUT2D eigenvalue weighted by molar-refractivity contribution is -0.384. The molecular weight excluding hydrogens is 298 g/mol. The molecule has 5 nitrogen and oxygen atoms in total. The van der Waals surface area contributed by atoms with Crippen LogP contribution in [-0.2, 0) is 0 Å². The van der Waals surface area contributed by atoms with Crippen molar-refractivity contribution in [2.24, 2.45) is 0 Å². The number of aromatic nitrogens is 1. The van der Waals surface area contributed by atoms with Gasteiger partial charge >= 0.3 is 0 Å². The summed E-state index contributed by atoms with van der Waals surface area (Å²) in [5, 5.41) is 12.1. The fourth-order valence-corrected chi connectivity index (χ4v) is 3.42. The van der Waals surface area contributed by atoms with Gasteiger partial charge in [0.15, 0.2) is 0 Å². The van der Waals surface area contributed by atoms with E-state index in [0.29, 0.717) is 5.69 Å². The van der Waals surface area contributed by atoms with E-state index in [-0.39, 0.29) is 16.7 Å². The largest absolute Gasteiger partial charge is 0.360 e. The van der Waals surface area contributed by atoms with E-state index in [1.807, 2.05) is 49.2 Å². The molecule has 0 fully saturated rings. The molecule has 0 spiro atoms. The van der Waals surface area contributed by atoms with Crippen molar-refractivity contribution in [2.75, 3.05) is 11.9 Å². The van der Waals surface area contributed by atoms with Gasteiger partial charge in [-0.1, -0.05) is 24.3 Å². The Kier molecular flexibility index (Phi) is 3.77. The van der Waals surface area contributed by atoms with E-state index in [9.17, 15) is 10.1 Å². The monoisotopic (exact) mass is 313 g/mol. The Morgan fingerprint density at radius 1 is 1.18 bits per heavy atom. The van der Waals surface area contributed by atoms with E-state index in [2.05, 4.69) is 4.98 Å². The third-order valence-electron chi connectivity index (χ3n) is 3.71. The van der Waals surface area contributed by atoms with Crippen LogP contribution in [0.3, 0.4) is 0 Å². The van der Waals surface area contributed by atoms with E-state index in [0.717, 1.165) is 15.2 Å². The second-order valence-electron chi connectivity index (χ2n) is 5.05. The Morgan fingerprint density at radius 2 is 1.86 bits per heavy atom. The van der Waals surface area contributed by atoms with E-state index >= 15 is 0 Å². The summed E-state index contributed by atoms with van der Waals surface area (Å²) in [4.78, 5) is 17.4. The predicted octanol–water partition coefficient (Wildman–Crippen LogP) is 4.40. The zero-order valence-electron chi connectivity index (χ0n) is 12.3. The van der Waals surface area contributed by atoms with Gasteiger partial charge in [0.25, 0.3) is 5.69 Å². The summed E-state index contributed by atoms with van der Waals surface area (Å²) >= 11 is 1.62. The Labute approximate surface area is 132 Å². The topological polar surface area (TPSA) is 59.3 Å². The molecule has 0 unspecified atom stereocenters. The summed E-state index contributed by atoms with van der Waals surface area (Å²) in [7, 11) is 1.86. The molecule has 0 saturated carbocycles. The zero-order chi connectivity index (χ0) is 15.7. The van der Waals surface area contributed by atoms with E-state index < -0.39 is 0 Å². The van der Waals surface area contributed by atoms with Crippen LogP contribution in [0.25, 0.3) is 10.2 Å². The lowest BCUT2D eigenvalue weighted by Crippen LogP contribution is -2.22.